The first-order chi connectivity index (χ1) is 7.02. The highest BCUT2D eigenvalue weighted by Gasteiger charge is 2.17. The van der Waals surface area contributed by atoms with Crippen LogP contribution < -0.4 is 4.72 Å². The average Bonchev–Trinajstić information content (AvgIpc) is 2.19. The Morgan fingerprint density at radius 1 is 1.40 bits per heavy atom. The van der Waals surface area contributed by atoms with E-state index < -0.39 is 10.0 Å². The molecular formula is C10H21NO3S. The first-order valence-electron chi connectivity index (χ1n) is 5.62. The Hall–Kier alpha value is -0.130. The van der Waals surface area contributed by atoms with Crippen LogP contribution in [0.25, 0.3) is 0 Å². The molecule has 90 valence electrons. The first kappa shape index (κ1) is 12.9. The molecule has 1 fully saturated rings. The van der Waals surface area contributed by atoms with Crippen LogP contribution in [0.5, 0.6) is 0 Å². The lowest BCUT2D eigenvalue weighted by atomic mass is 10.1. The molecule has 1 rings (SSSR count). The van der Waals surface area contributed by atoms with Crippen molar-refractivity contribution in [2.75, 3.05) is 13.2 Å². The third-order valence-electron chi connectivity index (χ3n) is 2.66. The van der Waals surface area contributed by atoms with Gasteiger partial charge in [-0.05, 0) is 39.5 Å². The van der Waals surface area contributed by atoms with Gasteiger partial charge in [-0.1, -0.05) is 0 Å². The third kappa shape index (κ3) is 4.49. The minimum atomic E-state index is -3.10. The highest BCUT2D eigenvalue weighted by atomic mass is 32.2. The van der Waals surface area contributed by atoms with Gasteiger partial charge in [0.2, 0.25) is 10.0 Å². The molecule has 1 N–H and O–H groups in total. The van der Waals surface area contributed by atoms with Crippen LogP contribution in [0.4, 0.5) is 0 Å². The van der Waals surface area contributed by atoms with Gasteiger partial charge in [-0.2, -0.15) is 0 Å². The van der Waals surface area contributed by atoms with Crippen molar-refractivity contribution < 1.29 is 13.2 Å². The van der Waals surface area contributed by atoms with Gasteiger partial charge in [-0.3, -0.25) is 0 Å². The molecule has 1 saturated heterocycles. The van der Waals surface area contributed by atoms with Gasteiger partial charge >= 0.3 is 0 Å². The van der Waals surface area contributed by atoms with Gasteiger partial charge in [0.15, 0.2) is 0 Å². The monoisotopic (exact) mass is 235 g/mol. The van der Waals surface area contributed by atoms with E-state index in [2.05, 4.69) is 4.72 Å². The van der Waals surface area contributed by atoms with Crippen molar-refractivity contribution >= 4 is 10.0 Å². The van der Waals surface area contributed by atoms with Gasteiger partial charge < -0.3 is 4.74 Å². The molecule has 0 radical (unpaired) electrons. The van der Waals surface area contributed by atoms with Crippen molar-refractivity contribution in [2.24, 2.45) is 0 Å². The molecule has 1 unspecified atom stereocenters. The molecule has 4 nitrogen and oxygen atoms in total. The van der Waals surface area contributed by atoms with Gasteiger partial charge in [0.1, 0.15) is 0 Å². The Labute approximate surface area is 92.4 Å². The third-order valence-corrected chi connectivity index (χ3v) is 4.51. The fourth-order valence-corrected chi connectivity index (χ4v) is 2.30. The summed E-state index contributed by atoms with van der Waals surface area (Å²) in [5.41, 5.74) is 0. The smallest absolute Gasteiger partial charge is 0.213 e. The van der Waals surface area contributed by atoms with Crippen molar-refractivity contribution in [1.82, 2.24) is 4.72 Å². The second-order valence-corrected chi connectivity index (χ2v) is 6.59. The van der Waals surface area contributed by atoms with E-state index in [4.69, 9.17) is 4.74 Å². The standard InChI is InChI=1S/C10H21NO3S/c1-9(2)15(12,13)11-7-6-10-5-3-4-8-14-10/h9-11H,3-8H2,1-2H3. The summed E-state index contributed by atoms with van der Waals surface area (Å²) in [6, 6.07) is 0. The van der Waals surface area contributed by atoms with Crippen molar-refractivity contribution in [3.8, 4) is 0 Å². The Kier molecular flexibility index (Phi) is 5.02. The molecule has 0 aromatic carbocycles. The molecule has 0 bridgehead atoms. The molecule has 0 amide bonds. The van der Waals surface area contributed by atoms with Gasteiger partial charge in [0.25, 0.3) is 0 Å². The molecule has 1 aliphatic rings. The van der Waals surface area contributed by atoms with Gasteiger partial charge in [-0.25, -0.2) is 13.1 Å². The second-order valence-electron chi connectivity index (χ2n) is 4.27. The summed E-state index contributed by atoms with van der Waals surface area (Å²) in [5.74, 6) is 0. The Balaban J connectivity index is 2.20. The van der Waals surface area contributed by atoms with Crippen LogP contribution in [-0.4, -0.2) is 32.9 Å². The quantitative estimate of drug-likeness (QED) is 0.781. The fourth-order valence-electron chi connectivity index (χ4n) is 1.56. The summed E-state index contributed by atoms with van der Waals surface area (Å²) in [6.07, 6.45) is 4.42. The van der Waals surface area contributed by atoms with E-state index in [0.717, 1.165) is 25.9 Å². The van der Waals surface area contributed by atoms with E-state index in [1.807, 2.05) is 0 Å². The molecule has 0 saturated carbocycles. The summed E-state index contributed by atoms with van der Waals surface area (Å²) in [7, 11) is -3.10. The maximum Gasteiger partial charge on any atom is 0.213 e. The number of hydrogen-bond acceptors (Lipinski definition) is 3. The van der Waals surface area contributed by atoms with E-state index in [9.17, 15) is 8.42 Å². The van der Waals surface area contributed by atoms with Crippen molar-refractivity contribution in [3.63, 3.8) is 0 Å². The SMILES string of the molecule is CC(C)S(=O)(=O)NCCC1CCCCO1. The zero-order valence-electron chi connectivity index (χ0n) is 9.53. The summed E-state index contributed by atoms with van der Waals surface area (Å²) in [4.78, 5) is 0. The van der Waals surface area contributed by atoms with Crippen LogP contribution in [0.2, 0.25) is 0 Å². The second kappa shape index (κ2) is 5.82. The van der Waals surface area contributed by atoms with Gasteiger partial charge in [0, 0.05) is 13.2 Å². The van der Waals surface area contributed by atoms with Crippen LogP contribution in [0.1, 0.15) is 39.5 Å². The summed E-state index contributed by atoms with van der Waals surface area (Å²) < 4.78 is 31.0. The van der Waals surface area contributed by atoms with E-state index in [1.54, 1.807) is 13.8 Å². The highest BCUT2D eigenvalue weighted by Crippen LogP contribution is 2.15. The first-order valence-corrected chi connectivity index (χ1v) is 7.17. The number of rotatable bonds is 5. The molecule has 0 spiro atoms. The lowest BCUT2D eigenvalue weighted by Gasteiger charge is -2.22. The average molecular weight is 235 g/mol. The minimum Gasteiger partial charge on any atom is -0.378 e. The number of hydrogen-bond donors (Lipinski definition) is 1. The van der Waals surface area contributed by atoms with Gasteiger partial charge in [0.05, 0.1) is 11.4 Å². The van der Waals surface area contributed by atoms with Crippen LogP contribution >= 0.6 is 0 Å². The molecule has 1 atom stereocenters. The van der Waals surface area contributed by atoms with Crippen molar-refractivity contribution in [1.29, 1.82) is 0 Å². The molecule has 0 aromatic rings. The van der Waals surface area contributed by atoms with Gasteiger partial charge in [-0.15, -0.1) is 0 Å². The number of sulfonamides is 1. The molecule has 0 aromatic heterocycles. The largest absolute Gasteiger partial charge is 0.378 e. The van der Waals surface area contributed by atoms with Crippen molar-refractivity contribution in [3.05, 3.63) is 0 Å². The summed E-state index contributed by atoms with van der Waals surface area (Å²) in [5, 5.41) is -0.357. The summed E-state index contributed by atoms with van der Waals surface area (Å²) >= 11 is 0. The van der Waals surface area contributed by atoms with Crippen molar-refractivity contribution in [2.45, 2.75) is 50.9 Å². The lowest BCUT2D eigenvalue weighted by molar-refractivity contribution is 0.0123. The highest BCUT2D eigenvalue weighted by molar-refractivity contribution is 7.90. The molecule has 1 aliphatic heterocycles. The Bertz CT molecular complexity index is 268. The zero-order valence-corrected chi connectivity index (χ0v) is 10.3. The topological polar surface area (TPSA) is 55.4 Å². The maximum atomic E-state index is 11.4. The van der Waals surface area contributed by atoms with E-state index in [0.29, 0.717) is 6.54 Å². The van der Waals surface area contributed by atoms with E-state index in [-0.39, 0.29) is 11.4 Å². The van der Waals surface area contributed by atoms with Crippen LogP contribution in [0.15, 0.2) is 0 Å². The number of nitrogens with one attached hydrogen (secondary N) is 1. The zero-order chi connectivity index (χ0) is 11.3. The van der Waals surface area contributed by atoms with E-state index >= 15 is 0 Å². The molecule has 5 heteroatoms. The Morgan fingerprint density at radius 3 is 2.67 bits per heavy atom. The molecule has 15 heavy (non-hydrogen) atoms. The van der Waals surface area contributed by atoms with Crippen LogP contribution in [-0.2, 0) is 14.8 Å². The predicted molar refractivity (Wildman–Crippen MR) is 60.3 cm³/mol. The van der Waals surface area contributed by atoms with E-state index in [1.165, 1.54) is 6.42 Å². The lowest BCUT2D eigenvalue weighted by Crippen LogP contribution is -2.33. The normalized spacial score (nSPS) is 23.3. The van der Waals surface area contributed by atoms with Crippen LogP contribution in [0, 0.1) is 0 Å². The molecule has 0 aliphatic carbocycles. The maximum absolute atomic E-state index is 11.4. The molecule has 1 heterocycles. The minimum absolute atomic E-state index is 0.244. The molecular weight excluding hydrogens is 214 g/mol. The fraction of sp³-hybridized carbons (Fsp3) is 1.00. The summed E-state index contributed by atoms with van der Waals surface area (Å²) in [6.45, 7) is 4.67. The van der Waals surface area contributed by atoms with Crippen LogP contribution in [0.3, 0.4) is 0 Å². The Morgan fingerprint density at radius 2 is 2.13 bits per heavy atom. The number of ether oxygens (including phenoxy) is 1. The predicted octanol–water partition coefficient (Wildman–Crippen LogP) is 1.27.